The van der Waals surface area contributed by atoms with E-state index in [0.717, 1.165) is 51.5 Å². The molecule has 0 spiro atoms. The molecule has 2 fully saturated rings. The van der Waals surface area contributed by atoms with Gasteiger partial charge in [0.05, 0.1) is 6.10 Å². The summed E-state index contributed by atoms with van der Waals surface area (Å²) in [5.74, 6) is 1.72. The molecule has 0 saturated carbocycles. The van der Waals surface area contributed by atoms with Gasteiger partial charge in [-0.15, -0.1) is 0 Å². The zero-order chi connectivity index (χ0) is 19.1. The molecule has 2 aliphatic heterocycles. The standard InChI is InChI=1S/C22H36N4O/c1-3-23-22(26-14-10-21(27)11-15-26)24-16-19-8-12-25(13-9-19)17-20-6-4-18(2)5-7-20/h4-7,19,21,27H,3,8-17H2,1-2H3,(H,23,24). The van der Waals surface area contributed by atoms with Crippen LogP contribution in [0.25, 0.3) is 0 Å². The highest BCUT2D eigenvalue weighted by atomic mass is 16.3. The molecule has 5 heteroatoms. The number of piperidine rings is 2. The van der Waals surface area contributed by atoms with E-state index in [2.05, 4.69) is 53.2 Å². The number of aryl methyl sites for hydroxylation is 1. The van der Waals surface area contributed by atoms with Crippen LogP contribution in [0.5, 0.6) is 0 Å². The van der Waals surface area contributed by atoms with Crippen molar-refractivity contribution in [1.82, 2.24) is 15.1 Å². The predicted molar refractivity (Wildman–Crippen MR) is 112 cm³/mol. The smallest absolute Gasteiger partial charge is 0.193 e. The van der Waals surface area contributed by atoms with E-state index in [9.17, 15) is 5.11 Å². The van der Waals surface area contributed by atoms with Gasteiger partial charge in [0.15, 0.2) is 5.96 Å². The topological polar surface area (TPSA) is 51.1 Å². The number of rotatable bonds is 5. The summed E-state index contributed by atoms with van der Waals surface area (Å²) < 4.78 is 0. The number of aliphatic hydroxyl groups is 1. The first kappa shape index (κ1) is 20.2. The van der Waals surface area contributed by atoms with E-state index in [1.807, 2.05) is 0 Å². The summed E-state index contributed by atoms with van der Waals surface area (Å²) in [6, 6.07) is 8.92. The van der Waals surface area contributed by atoms with Gasteiger partial charge in [0.1, 0.15) is 0 Å². The molecule has 3 rings (SSSR count). The highest BCUT2D eigenvalue weighted by Crippen LogP contribution is 2.20. The number of aliphatic imine (C=N–C) groups is 1. The minimum atomic E-state index is -0.137. The molecule has 27 heavy (non-hydrogen) atoms. The van der Waals surface area contributed by atoms with Crippen LogP contribution in [0.4, 0.5) is 0 Å². The van der Waals surface area contributed by atoms with Gasteiger partial charge in [0.25, 0.3) is 0 Å². The van der Waals surface area contributed by atoms with Crippen LogP contribution in [0, 0.1) is 12.8 Å². The predicted octanol–water partition coefficient (Wildman–Crippen LogP) is 2.63. The van der Waals surface area contributed by atoms with Crippen LogP contribution >= 0.6 is 0 Å². The maximum Gasteiger partial charge on any atom is 0.193 e. The van der Waals surface area contributed by atoms with E-state index in [-0.39, 0.29) is 6.10 Å². The number of nitrogens with zero attached hydrogens (tertiary/aromatic N) is 3. The Morgan fingerprint density at radius 3 is 2.37 bits per heavy atom. The highest BCUT2D eigenvalue weighted by Gasteiger charge is 2.22. The molecular formula is C22H36N4O. The normalized spacial score (nSPS) is 20.9. The summed E-state index contributed by atoms with van der Waals surface area (Å²) in [4.78, 5) is 9.82. The van der Waals surface area contributed by atoms with Crippen molar-refractivity contribution in [1.29, 1.82) is 0 Å². The Kier molecular flexibility index (Phi) is 7.53. The average molecular weight is 373 g/mol. The lowest BCUT2D eigenvalue weighted by molar-refractivity contribution is 0.108. The van der Waals surface area contributed by atoms with Crippen molar-refractivity contribution in [3.05, 3.63) is 35.4 Å². The SMILES string of the molecule is CCNC(=NCC1CCN(Cc2ccc(C)cc2)CC1)N1CCC(O)CC1. The average Bonchev–Trinajstić information content (AvgIpc) is 2.69. The van der Waals surface area contributed by atoms with Crippen LogP contribution in [0.2, 0.25) is 0 Å². The Morgan fingerprint density at radius 2 is 1.74 bits per heavy atom. The third kappa shape index (κ3) is 6.22. The molecule has 0 radical (unpaired) electrons. The van der Waals surface area contributed by atoms with Gasteiger partial charge < -0.3 is 15.3 Å². The summed E-state index contributed by atoms with van der Waals surface area (Å²) in [5.41, 5.74) is 2.74. The van der Waals surface area contributed by atoms with Gasteiger partial charge in [0.2, 0.25) is 0 Å². The van der Waals surface area contributed by atoms with E-state index >= 15 is 0 Å². The first-order valence-corrected chi connectivity index (χ1v) is 10.6. The molecular weight excluding hydrogens is 336 g/mol. The Morgan fingerprint density at radius 1 is 1.07 bits per heavy atom. The summed E-state index contributed by atoms with van der Waals surface area (Å²) in [5, 5.41) is 13.2. The molecule has 0 aromatic heterocycles. The second kappa shape index (κ2) is 10.1. The number of likely N-dealkylation sites (tertiary alicyclic amines) is 2. The van der Waals surface area contributed by atoms with Crippen LogP contribution < -0.4 is 5.32 Å². The van der Waals surface area contributed by atoms with Crippen molar-refractivity contribution < 1.29 is 5.11 Å². The zero-order valence-electron chi connectivity index (χ0n) is 17.0. The molecule has 0 amide bonds. The molecule has 0 unspecified atom stereocenters. The molecule has 1 aromatic carbocycles. The van der Waals surface area contributed by atoms with Crippen LogP contribution in [-0.2, 0) is 6.54 Å². The molecule has 150 valence electrons. The van der Waals surface area contributed by atoms with Gasteiger partial charge in [-0.3, -0.25) is 9.89 Å². The van der Waals surface area contributed by atoms with E-state index in [4.69, 9.17) is 4.99 Å². The van der Waals surface area contributed by atoms with Gasteiger partial charge in [-0.05, 0) is 64.1 Å². The maximum absolute atomic E-state index is 9.72. The zero-order valence-corrected chi connectivity index (χ0v) is 17.0. The third-order valence-corrected chi connectivity index (χ3v) is 5.83. The number of benzene rings is 1. The Hall–Kier alpha value is -1.59. The van der Waals surface area contributed by atoms with Crippen LogP contribution in [0.3, 0.4) is 0 Å². The van der Waals surface area contributed by atoms with Crippen LogP contribution in [-0.4, -0.2) is 66.2 Å². The summed E-state index contributed by atoms with van der Waals surface area (Å²) in [7, 11) is 0. The quantitative estimate of drug-likeness (QED) is 0.616. The maximum atomic E-state index is 9.72. The number of guanidine groups is 1. The van der Waals surface area contributed by atoms with Gasteiger partial charge in [-0.1, -0.05) is 29.8 Å². The van der Waals surface area contributed by atoms with Crippen molar-refractivity contribution in [3.8, 4) is 0 Å². The summed E-state index contributed by atoms with van der Waals surface area (Å²) >= 11 is 0. The molecule has 0 bridgehead atoms. The largest absolute Gasteiger partial charge is 0.393 e. The van der Waals surface area contributed by atoms with Crippen molar-refractivity contribution in [3.63, 3.8) is 0 Å². The van der Waals surface area contributed by atoms with Gasteiger partial charge in [-0.2, -0.15) is 0 Å². The van der Waals surface area contributed by atoms with E-state index in [1.54, 1.807) is 0 Å². The molecule has 0 atom stereocenters. The Labute approximate surface area is 164 Å². The van der Waals surface area contributed by atoms with Gasteiger partial charge in [0, 0.05) is 32.7 Å². The first-order valence-electron chi connectivity index (χ1n) is 10.6. The van der Waals surface area contributed by atoms with E-state index in [0.29, 0.717) is 5.92 Å². The lowest BCUT2D eigenvalue weighted by atomic mass is 9.96. The van der Waals surface area contributed by atoms with E-state index < -0.39 is 0 Å². The van der Waals surface area contributed by atoms with Crippen LogP contribution in [0.1, 0.15) is 43.7 Å². The highest BCUT2D eigenvalue weighted by molar-refractivity contribution is 5.80. The molecule has 2 heterocycles. The molecule has 2 aliphatic rings. The second-order valence-corrected chi connectivity index (χ2v) is 8.12. The summed E-state index contributed by atoms with van der Waals surface area (Å²) in [6.45, 7) is 11.3. The molecule has 2 N–H and O–H groups in total. The van der Waals surface area contributed by atoms with Crippen molar-refractivity contribution in [2.75, 3.05) is 39.3 Å². The van der Waals surface area contributed by atoms with Gasteiger partial charge >= 0.3 is 0 Å². The lowest BCUT2D eigenvalue weighted by Crippen LogP contribution is -2.47. The monoisotopic (exact) mass is 372 g/mol. The van der Waals surface area contributed by atoms with E-state index in [1.165, 1.54) is 37.1 Å². The minimum Gasteiger partial charge on any atom is -0.393 e. The number of hydrogen-bond donors (Lipinski definition) is 2. The fourth-order valence-corrected chi connectivity index (χ4v) is 4.00. The lowest BCUT2D eigenvalue weighted by Gasteiger charge is -2.34. The fourth-order valence-electron chi connectivity index (χ4n) is 4.00. The number of hydrogen-bond acceptors (Lipinski definition) is 3. The van der Waals surface area contributed by atoms with Crippen molar-refractivity contribution in [2.45, 2.75) is 52.2 Å². The molecule has 1 aromatic rings. The molecule has 0 aliphatic carbocycles. The third-order valence-electron chi connectivity index (χ3n) is 5.83. The van der Waals surface area contributed by atoms with Gasteiger partial charge in [-0.25, -0.2) is 0 Å². The Bertz CT molecular complexity index is 585. The fraction of sp³-hybridized carbons (Fsp3) is 0.682. The van der Waals surface area contributed by atoms with Crippen molar-refractivity contribution >= 4 is 5.96 Å². The summed E-state index contributed by atoms with van der Waals surface area (Å²) in [6.07, 6.45) is 4.02. The number of aliphatic hydroxyl groups excluding tert-OH is 1. The van der Waals surface area contributed by atoms with Crippen LogP contribution in [0.15, 0.2) is 29.3 Å². The first-order chi connectivity index (χ1) is 13.1. The molecule has 2 saturated heterocycles. The molecule has 5 nitrogen and oxygen atoms in total. The Balaban J connectivity index is 1.45. The van der Waals surface area contributed by atoms with Crippen molar-refractivity contribution in [2.24, 2.45) is 10.9 Å². The second-order valence-electron chi connectivity index (χ2n) is 8.12. The minimum absolute atomic E-state index is 0.137. The number of nitrogens with one attached hydrogen (secondary N) is 1.